The van der Waals surface area contributed by atoms with Crippen molar-refractivity contribution in [2.75, 3.05) is 0 Å². The summed E-state index contributed by atoms with van der Waals surface area (Å²) in [7, 11) is 0. The second-order valence-corrected chi connectivity index (χ2v) is 5.91. The Hall–Kier alpha value is -1.36. The van der Waals surface area contributed by atoms with Crippen LogP contribution >= 0.6 is 11.3 Å². The molecule has 104 valence electrons. The molecule has 1 heterocycles. The zero-order valence-corrected chi connectivity index (χ0v) is 11.9. The molecule has 1 aliphatic rings. The Morgan fingerprint density at radius 2 is 2.21 bits per heavy atom. The molecule has 1 aromatic rings. The van der Waals surface area contributed by atoms with E-state index in [1.165, 1.54) is 11.3 Å². The Balaban J connectivity index is 1.74. The number of nitrogens with one attached hydrogen (secondary N) is 1. The van der Waals surface area contributed by atoms with E-state index >= 15 is 0 Å². The number of amides is 1. The fraction of sp³-hybridized carbons (Fsp3) is 0.571. The van der Waals surface area contributed by atoms with Gasteiger partial charge in [0.25, 0.3) is 5.91 Å². The van der Waals surface area contributed by atoms with Crippen molar-refractivity contribution in [3.8, 4) is 0 Å². The lowest BCUT2D eigenvalue weighted by atomic mass is 10.2. The third-order valence-electron chi connectivity index (χ3n) is 3.28. The van der Waals surface area contributed by atoms with Crippen LogP contribution < -0.4 is 5.32 Å². The highest BCUT2D eigenvalue weighted by Gasteiger charge is 2.23. The summed E-state index contributed by atoms with van der Waals surface area (Å²) in [6.45, 7) is 1.62. The molecule has 0 aromatic carbocycles. The first-order valence-electron chi connectivity index (χ1n) is 6.67. The van der Waals surface area contributed by atoms with Gasteiger partial charge in [0, 0.05) is 10.9 Å². The second-order valence-electron chi connectivity index (χ2n) is 4.88. The van der Waals surface area contributed by atoms with Gasteiger partial charge in [-0.1, -0.05) is 18.9 Å². The first-order chi connectivity index (χ1) is 9.15. The van der Waals surface area contributed by atoms with E-state index in [4.69, 9.17) is 4.74 Å². The molecular weight excluding hydrogens is 262 g/mol. The van der Waals surface area contributed by atoms with Gasteiger partial charge < -0.3 is 10.1 Å². The average Bonchev–Trinajstić information content (AvgIpc) is 3.01. The first-order valence-corrected chi connectivity index (χ1v) is 7.55. The number of ether oxygens (including phenoxy) is 1. The van der Waals surface area contributed by atoms with Crippen molar-refractivity contribution in [1.82, 2.24) is 5.32 Å². The van der Waals surface area contributed by atoms with Crippen molar-refractivity contribution in [3.05, 3.63) is 22.4 Å². The van der Waals surface area contributed by atoms with Crippen molar-refractivity contribution in [1.29, 1.82) is 0 Å². The van der Waals surface area contributed by atoms with E-state index in [2.05, 4.69) is 5.32 Å². The largest absolute Gasteiger partial charge is 0.452 e. The molecule has 1 aromatic heterocycles. The molecule has 5 heteroatoms. The molecule has 1 saturated carbocycles. The number of rotatable bonds is 5. The minimum absolute atomic E-state index is 0.188. The summed E-state index contributed by atoms with van der Waals surface area (Å²) in [4.78, 5) is 24.5. The maximum Gasteiger partial charge on any atom is 0.311 e. The van der Waals surface area contributed by atoms with Gasteiger partial charge in [0.1, 0.15) is 0 Å². The lowest BCUT2D eigenvalue weighted by Crippen LogP contribution is -2.41. The highest BCUT2D eigenvalue weighted by molar-refractivity contribution is 7.10. The van der Waals surface area contributed by atoms with Gasteiger partial charge in [-0.15, -0.1) is 11.3 Å². The van der Waals surface area contributed by atoms with Crippen LogP contribution in [-0.2, 0) is 20.7 Å². The molecular formula is C14H19NO3S. The zero-order chi connectivity index (χ0) is 13.7. The third-order valence-corrected chi connectivity index (χ3v) is 4.15. The fourth-order valence-corrected chi connectivity index (χ4v) is 2.93. The van der Waals surface area contributed by atoms with Crippen molar-refractivity contribution < 1.29 is 14.3 Å². The molecule has 1 aliphatic carbocycles. The standard InChI is InChI=1S/C14H19NO3S/c1-10(14(17)15-11-5-2-3-6-11)18-13(16)9-12-7-4-8-19-12/h4,7-8,10-11H,2-3,5-6,9H2,1H3,(H,15,17). The van der Waals surface area contributed by atoms with Gasteiger partial charge in [0.05, 0.1) is 6.42 Å². The predicted octanol–water partition coefficient (Wildman–Crippen LogP) is 2.28. The van der Waals surface area contributed by atoms with Crippen LogP contribution in [0.15, 0.2) is 17.5 Å². The van der Waals surface area contributed by atoms with Crippen LogP contribution in [0.5, 0.6) is 0 Å². The Bertz CT molecular complexity index is 424. The van der Waals surface area contributed by atoms with Crippen LogP contribution in [0.25, 0.3) is 0 Å². The van der Waals surface area contributed by atoms with Crippen molar-refractivity contribution in [2.24, 2.45) is 0 Å². The SMILES string of the molecule is CC(OC(=O)Cc1cccs1)C(=O)NC1CCCC1. The first kappa shape index (κ1) is 14.1. The van der Waals surface area contributed by atoms with Gasteiger partial charge in [0.2, 0.25) is 0 Å². The van der Waals surface area contributed by atoms with E-state index in [-0.39, 0.29) is 24.3 Å². The summed E-state index contributed by atoms with van der Waals surface area (Å²) < 4.78 is 5.15. The van der Waals surface area contributed by atoms with E-state index < -0.39 is 6.10 Å². The van der Waals surface area contributed by atoms with E-state index in [9.17, 15) is 9.59 Å². The Kier molecular flexibility index (Phi) is 4.96. The molecule has 2 rings (SSSR count). The van der Waals surface area contributed by atoms with Gasteiger partial charge in [-0.25, -0.2) is 0 Å². The van der Waals surface area contributed by atoms with Crippen molar-refractivity contribution in [2.45, 2.75) is 51.2 Å². The Morgan fingerprint density at radius 1 is 1.47 bits per heavy atom. The van der Waals surface area contributed by atoms with Crippen molar-refractivity contribution >= 4 is 23.2 Å². The molecule has 1 amide bonds. The molecule has 0 spiro atoms. The highest BCUT2D eigenvalue weighted by Crippen LogP contribution is 2.18. The van der Waals surface area contributed by atoms with Crippen LogP contribution in [0.1, 0.15) is 37.5 Å². The van der Waals surface area contributed by atoms with Gasteiger partial charge in [-0.3, -0.25) is 9.59 Å². The van der Waals surface area contributed by atoms with E-state index in [0.29, 0.717) is 0 Å². The maximum atomic E-state index is 11.9. The number of hydrogen-bond acceptors (Lipinski definition) is 4. The third kappa shape index (κ3) is 4.35. The molecule has 1 unspecified atom stereocenters. The molecule has 1 fully saturated rings. The van der Waals surface area contributed by atoms with Crippen molar-refractivity contribution in [3.63, 3.8) is 0 Å². The summed E-state index contributed by atoms with van der Waals surface area (Å²) in [6, 6.07) is 4.03. The minimum Gasteiger partial charge on any atom is -0.452 e. The van der Waals surface area contributed by atoms with E-state index in [1.807, 2.05) is 17.5 Å². The minimum atomic E-state index is -0.715. The number of hydrogen-bond donors (Lipinski definition) is 1. The van der Waals surface area contributed by atoms with Crippen LogP contribution in [0, 0.1) is 0 Å². The van der Waals surface area contributed by atoms with Crippen LogP contribution in [0.3, 0.4) is 0 Å². The number of esters is 1. The topological polar surface area (TPSA) is 55.4 Å². The monoisotopic (exact) mass is 281 g/mol. The summed E-state index contributed by atoms with van der Waals surface area (Å²) in [5.41, 5.74) is 0. The highest BCUT2D eigenvalue weighted by atomic mass is 32.1. The van der Waals surface area contributed by atoms with Gasteiger partial charge in [-0.05, 0) is 31.2 Å². The van der Waals surface area contributed by atoms with Crippen LogP contribution in [0.2, 0.25) is 0 Å². The van der Waals surface area contributed by atoms with Gasteiger partial charge in [0.15, 0.2) is 6.10 Å². The van der Waals surface area contributed by atoms with E-state index in [1.54, 1.807) is 6.92 Å². The molecule has 0 aliphatic heterocycles. The van der Waals surface area contributed by atoms with E-state index in [0.717, 1.165) is 30.6 Å². The molecule has 19 heavy (non-hydrogen) atoms. The average molecular weight is 281 g/mol. The summed E-state index contributed by atoms with van der Waals surface area (Å²) in [6.07, 6.45) is 3.91. The lowest BCUT2D eigenvalue weighted by Gasteiger charge is -2.17. The smallest absolute Gasteiger partial charge is 0.311 e. The molecule has 0 bridgehead atoms. The Morgan fingerprint density at radius 3 is 2.84 bits per heavy atom. The zero-order valence-electron chi connectivity index (χ0n) is 11.1. The lowest BCUT2D eigenvalue weighted by molar-refractivity contribution is -0.154. The van der Waals surface area contributed by atoms with Gasteiger partial charge >= 0.3 is 5.97 Å². The Labute approximate surface area is 117 Å². The normalized spacial score (nSPS) is 17.1. The molecule has 1 atom stereocenters. The molecule has 0 radical (unpaired) electrons. The number of thiophene rings is 1. The molecule has 1 N–H and O–H groups in total. The maximum absolute atomic E-state index is 11.9. The van der Waals surface area contributed by atoms with Crippen LogP contribution in [0.4, 0.5) is 0 Å². The second kappa shape index (κ2) is 6.70. The quantitative estimate of drug-likeness (QED) is 0.842. The van der Waals surface area contributed by atoms with Crippen LogP contribution in [-0.4, -0.2) is 24.0 Å². The summed E-state index contributed by atoms with van der Waals surface area (Å²) >= 11 is 1.51. The summed E-state index contributed by atoms with van der Waals surface area (Å²) in [5, 5.41) is 4.84. The van der Waals surface area contributed by atoms with Gasteiger partial charge in [-0.2, -0.15) is 0 Å². The molecule has 4 nitrogen and oxygen atoms in total. The number of carbonyl (C=O) groups excluding carboxylic acids is 2. The molecule has 0 saturated heterocycles. The predicted molar refractivity (Wildman–Crippen MR) is 74.0 cm³/mol. The summed E-state index contributed by atoms with van der Waals surface area (Å²) in [5.74, 6) is -0.539. The fourth-order valence-electron chi connectivity index (χ4n) is 2.24. The number of carbonyl (C=O) groups is 2.